The molecule has 7 heteroatoms. The summed E-state index contributed by atoms with van der Waals surface area (Å²) in [5.74, 6) is -5.08. The van der Waals surface area contributed by atoms with Gasteiger partial charge in [0, 0.05) is 31.1 Å². The van der Waals surface area contributed by atoms with Crippen LogP contribution in [0.1, 0.15) is 34.8 Å². The minimum atomic E-state index is -1.21. The Morgan fingerprint density at radius 3 is 2.11 bits per heavy atom. The highest BCUT2D eigenvalue weighted by Gasteiger charge is 2.32. The number of nitrogens with zero attached hydrogens (tertiary/aromatic N) is 1. The molecule has 3 rings (SSSR count). The zero-order chi connectivity index (χ0) is 19.6. The Morgan fingerprint density at radius 1 is 1.00 bits per heavy atom. The molecule has 1 heterocycles. The van der Waals surface area contributed by atoms with Gasteiger partial charge in [-0.2, -0.15) is 0 Å². The van der Waals surface area contributed by atoms with Crippen molar-refractivity contribution < 1.29 is 22.8 Å². The average molecular weight is 376 g/mol. The van der Waals surface area contributed by atoms with Crippen LogP contribution in [0.2, 0.25) is 0 Å². The number of rotatable bonds is 4. The molecule has 0 saturated carbocycles. The van der Waals surface area contributed by atoms with Crippen LogP contribution in [0.4, 0.5) is 13.2 Å². The maximum absolute atomic E-state index is 13.8. The summed E-state index contributed by atoms with van der Waals surface area (Å²) in [7, 11) is 0. The smallest absolute Gasteiger partial charge is 0.244 e. The van der Waals surface area contributed by atoms with E-state index in [1.807, 2.05) is 6.07 Å². The summed E-state index contributed by atoms with van der Waals surface area (Å²) in [5.41, 5.74) is 5.99. The summed E-state index contributed by atoms with van der Waals surface area (Å²) in [6.45, 7) is 0.528. The van der Waals surface area contributed by atoms with Gasteiger partial charge in [0.25, 0.3) is 0 Å². The lowest BCUT2D eigenvalue weighted by molar-refractivity contribution is -0.134. The highest BCUT2D eigenvalue weighted by molar-refractivity contribution is 5.98. The van der Waals surface area contributed by atoms with Crippen molar-refractivity contribution in [1.82, 2.24) is 4.90 Å². The van der Waals surface area contributed by atoms with Gasteiger partial charge < -0.3 is 10.6 Å². The van der Waals surface area contributed by atoms with E-state index in [2.05, 4.69) is 0 Å². The number of carbonyl (C=O) groups is 2. The Balaban J connectivity index is 1.65. The van der Waals surface area contributed by atoms with Gasteiger partial charge in [0.15, 0.2) is 5.78 Å². The highest BCUT2D eigenvalue weighted by atomic mass is 19.1. The average Bonchev–Trinajstić information content (AvgIpc) is 2.66. The minimum Gasteiger partial charge on any atom is -0.341 e. The molecule has 0 bridgehead atoms. The molecule has 1 fully saturated rings. The summed E-state index contributed by atoms with van der Waals surface area (Å²) in [4.78, 5) is 26.6. The molecule has 27 heavy (non-hydrogen) atoms. The molecule has 1 unspecified atom stereocenters. The van der Waals surface area contributed by atoms with E-state index in [0.717, 1.165) is 0 Å². The van der Waals surface area contributed by atoms with Crippen LogP contribution in [0.15, 0.2) is 42.5 Å². The number of amides is 1. The van der Waals surface area contributed by atoms with E-state index in [1.165, 1.54) is 0 Å². The van der Waals surface area contributed by atoms with E-state index in [-0.39, 0.29) is 31.8 Å². The summed E-state index contributed by atoms with van der Waals surface area (Å²) >= 11 is 0. The second-order valence-electron chi connectivity index (χ2n) is 6.60. The Bertz CT molecular complexity index is 827. The summed E-state index contributed by atoms with van der Waals surface area (Å²) in [6, 6.07) is 9.12. The number of ketones is 1. The molecule has 0 aromatic heterocycles. The molecule has 1 aliphatic heterocycles. The predicted molar refractivity (Wildman–Crippen MR) is 93.3 cm³/mol. The topological polar surface area (TPSA) is 63.4 Å². The molecular formula is C20H19F3N2O2. The van der Waals surface area contributed by atoms with Gasteiger partial charge in [0.1, 0.15) is 23.5 Å². The fourth-order valence-corrected chi connectivity index (χ4v) is 3.34. The molecule has 142 valence electrons. The maximum atomic E-state index is 13.8. The van der Waals surface area contributed by atoms with Gasteiger partial charge in [-0.15, -0.1) is 0 Å². The first-order valence-electron chi connectivity index (χ1n) is 8.66. The molecule has 4 nitrogen and oxygen atoms in total. The van der Waals surface area contributed by atoms with Crippen molar-refractivity contribution in [3.05, 3.63) is 71.0 Å². The third-order valence-electron chi connectivity index (χ3n) is 4.86. The van der Waals surface area contributed by atoms with Crippen LogP contribution in [0.3, 0.4) is 0 Å². The lowest BCUT2D eigenvalue weighted by Crippen LogP contribution is -2.44. The molecule has 2 N–H and O–H groups in total. The summed E-state index contributed by atoms with van der Waals surface area (Å²) in [6.07, 6.45) is 0.532. The zero-order valence-electron chi connectivity index (χ0n) is 14.5. The number of carbonyl (C=O) groups excluding carboxylic acids is 2. The summed E-state index contributed by atoms with van der Waals surface area (Å²) in [5, 5.41) is 0. The molecule has 2 aromatic carbocycles. The Kier molecular flexibility index (Phi) is 5.60. The van der Waals surface area contributed by atoms with Crippen molar-refractivity contribution in [3.63, 3.8) is 0 Å². The lowest BCUT2D eigenvalue weighted by Gasteiger charge is -2.33. The molecule has 0 spiro atoms. The third kappa shape index (κ3) is 4.03. The number of nitrogens with two attached hydrogens (primary N) is 1. The van der Waals surface area contributed by atoms with Crippen LogP contribution in [0.25, 0.3) is 0 Å². The molecule has 1 amide bonds. The van der Waals surface area contributed by atoms with Crippen molar-refractivity contribution >= 4 is 11.7 Å². The SMILES string of the molecule is NC(C(=O)N1CCC(C(=O)c2c(F)cc(F)cc2F)CC1)c1ccccc1. The first-order valence-corrected chi connectivity index (χ1v) is 8.66. The van der Waals surface area contributed by atoms with E-state index in [1.54, 1.807) is 29.2 Å². The van der Waals surface area contributed by atoms with Crippen LogP contribution < -0.4 is 5.73 Å². The first-order chi connectivity index (χ1) is 12.9. The zero-order valence-corrected chi connectivity index (χ0v) is 14.5. The van der Waals surface area contributed by atoms with Gasteiger partial charge in [-0.3, -0.25) is 9.59 Å². The fourth-order valence-electron chi connectivity index (χ4n) is 3.34. The van der Waals surface area contributed by atoms with Crippen LogP contribution >= 0.6 is 0 Å². The van der Waals surface area contributed by atoms with Crippen LogP contribution in [0.5, 0.6) is 0 Å². The molecule has 1 aliphatic rings. The van der Waals surface area contributed by atoms with Gasteiger partial charge >= 0.3 is 0 Å². The third-order valence-corrected chi connectivity index (χ3v) is 4.86. The first kappa shape index (κ1) is 19.1. The Morgan fingerprint density at radius 2 is 1.56 bits per heavy atom. The second-order valence-corrected chi connectivity index (χ2v) is 6.60. The number of benzene rings is 2. The van der Waals surface area contributed by atoms with E-state index in [0.29, 0.717) is 17.7 Å². The number of likely N-dealkylation sites (tertiary alicyclic amines) is 1. The molecule has 2 aromatic rings. The molecule has 0 aliphatic carbocycles. The predicted octanol–water partition coefficient (Wildman–Crippen LogP) is 3.23. The fraction of sp³-hybridized carbons (Fsp3) is 0.300. The molecule has 1 saturated heterocycles. The second kappa shape index (κ2) is 7.92. The van der Waals surface area contributed by atoms with Crippen molar-refractivity contribution in [2.45, 2.75) is 18.9 Å². The minimum absolute atomic E-state index is 0.258. The van der Waals surface area contributed by atoms with Crippen molar-refractivity contribution in [2.24, 2.45) is 11.7 Å². The normalized spacial score (nSPS) is 16.2. The largest absolute Gasteiger partial charge is 0.341 e. The van der Waals surface area contributed by atoms with Crippen LogP contribution in [-0.2, 0) is 4.79 Å². The Labute approximate surface area is 154 Å². The molecular weight excluding hydrogens is 357 g/mol. The van der Waals surface area contributed by atoms with Gasteiger partial charge in [-0.25, -0.2) is 13.2 Å². The van der Waals surface area contributed by atoms with E-state index in [4.69, 9.17) is 5.73 Å². The van der Waals surface area contributed by atoms with E-state index in [9.17, 15) is 22.8 Å². The standard InChI is InChI=1S/C20H19F3N2O2/c21-14-10-15(22)17(16(23)11-14)19(26)13-6-8-25(9-7-13)20(27)18(24)12-4-2-1-3-5-12/h1-5,10-11,13,18H,6-9,24H2. The molecule has 0 radical (unpaired) electrons. The van der Waals surface area contributed by atoms with Gasteiger partial charge in [0.05, 0.1) is 5.56 Å². The lowest BCUT2D eigenvalue weighted by atomic mass is 9.88. The van der Waals surface area contributed by atoms with Crippen molar-refractivity contribution in [3.8, 4) is 0 Å². The highest BCUT2D eigenvalue weighted by Crippen LogP contribution is 2.26. The van der Waals surface area contributed by atoms with Crippen LogP contribution in [0, 0.1) is 23.4 Å². The van der Waals surface area contributed by atoms with E-state index < -0.39 is 40.8 Å². The number of hydrogen-bond acceptors (Lipinski definition) is 3. The van der Waals surface area contributed by atoms with Crippen molar-refractivity contribution in [1.29, 1.82) is 0 Å². The van der Waals surface area contributed by atoms with Crippen molar-refractivity contribution in [2.75, 3.05) is 13.1 Å². The van der Waals surface area contributed by atoms with Gasteiger partial charge in [-0.1, -0.05) is 30.3 Å². The number of piperidine rings is 1. The quantitative estimate of drug-likeness (QED) is 0.834. The number of halogens is 3. The number of hydrogen-bond donors (Lipinski definition) is 1. The number of Topliss-reactive ketones (excluding diaryl/α,β-unsaturated/α-hetero) is 1. The monoisotopic (exact) mass is 376 g/mol. The van der Waals surface area contributed by atoms with Crippen LogP contribution in [-0.4, -0.2) is 29.7 Å². The Hall–Kier alpha value is -2.67. The van der Waals surface area contributed by atoms with E-state index >= 15 is 0 Å². The maximum Gasteiger partial charge on any atom is 0.244 e. The van der Waals surface area contributed by atoms with Gasteiger partial charge in [0.2, 0.25) is 5.91 Å². The van der Waals surface area contributed by atoms with Gasteiger partial charge in [-0.05, 0) is 18.4 Å². The summed E-state index contributed by atoms with van der Waals surface area (Å²) < 4.78 is 40.7. The molecule has 1 atom stereocenters.